The summed E-state index contributed by atoms with van der Waals surface area (Å²) in [6.07, 6.45) is 0. The van der Waals surface area contributed by atoms with E-state index >= 15 is 0 Å². The van der Waals surface area contributed by atoms with E-state index in [4.69, 9.17) is 4.74 Å². The standard InChI is InChI=1S/C10H11F2NO/c11-8-1-2-10(12)7(3-8)4-13-9-5-14-6-9/h1-3,9,13H,4-6H2. The van der Waals surface area contributed by atoms with Crippen LogP contribution in [0.5, 0.6) is 0 Å². The molecule has 76 valence electrons. The fourth-order valence-corrected chi connectivity index (χ4v) is 1.29. The summed E-state index contributed by atoms with van der Waals surface area (Å²) in [5, 5.41) is 3.07. The lowest BCUT2D eigenvalue weighted by molar-refractivity contribution is -0.00589. The van der Waals surface area contributed by atoms with Gasteiger partial charge in [0.1, 0.15) is 11.6 Å². The Balaban J connectivity index is 1.96. The van der Waals surface area contributed by atoms with Crippen molar-refractivity contribution in [2.24, 2.45) is 0 Å². The minimum atomic E-state index is -0.409. The minimum absolute atomic E-state index is 0.276. The van der Waals surface area contributed by atoms with E-state index in [-0.39, 0.29) is 11.9 Å². The third-order valence-electron chi connectivity index (χ3n) is 2.23. The van der Waals surface area contributed by atoms with Gasteiger partial charge in [-0.2, -0.15) is 0 Å². The lowest BCUT2D eigenvalue weighted by atomic mass is 10.2. The van der Waals surface area contributed by atoms with E-state index in [0.717, 1.165) is 12.1 Å². The van der Waals surface area contributed by atoms with Crippen molar-refractivity contribution in [1.82, 2.24) is 5.32 Å². The Kier molecular flexibility index (Phi) is 2.74. The highest BCUT2D eigenvalue weighted by atomic mass is 19.1. The molecule has 1 aromatic rings. The van der Waals surface area contributed by atoms with Crippen molar-refractivity contribution >= 4 is 0 Å². The molecule has 1 fully saturated rings. The molecule has 2 rings (SSSR count). The monoisotopic (exact) mass is 199 g/mol. The van der Waals surface area contributed by atoms with E-state index < -0.39 is 5.82 Å². The number of hydrogen-bond acceptors (Lipinski definition) is 2. The van der Waals surface area contributed by atoms with Crippen LogP contribution in [-0.2, 0) is 11.3 Å². The average molecular weight is 199 g/mol. The molecule has 1 aromatic carbocycles. The molecule has 0 unspecified atom stereocenters. The summed E-state index contributed by atoms with van der Waals surface area (Å²) in [5.41, 5.74) is 0.358. The van der Waals surface area contributed by atoms with Gasteiger partial charge in [0, 0.05) is 12.1 Å². The molecule has 0 radical (unpaired) electrons. The molecule has 0 aliphatic carbocycles. The summed E-state index contributed by atoms with van der Waals surface area (Å²) < 4.78 is 30.8. The third-order valence-corrected chi connectivity index (χ3v) is 2.23. The number of rotatable bonds is 3. The van der Waals surface area contributed by atoms with Gasteiger partial charge in [-0.1, -0.05) is 0 Å². The molecular weight excluding hydrogens is 188 g/mol. The van der Waals surface area contributed by atoms with Crippen LogP contribution >= 0.6 is 0 Å². The molecule has 0 aromatic heterocycles. The SMILES string of the molecule is Fc1ccc(F)c(CNC2COC2)c1. The summed E-state index contributed by atoms with van der Waals surface area (Å²) in [6, 6.07) is 3.74. The van der Waals surface area contributed by atoms with Crippen LogP contribution in [0.4, 0.5) is 8.78 Å². The van der Waals surface area contributed by atoms with Crippen molar-refractivity contribution in [3.05, 3.63) is 35.4 Å². The van der Waals surface area contributed by atoms with E-state index in [1.54, 1.807) is 0 Å². The zero-order chi connectivity index (χ0) is 9.97. The Morgan fingerprint density at radius 2 is 2.14 bits per heavy atom. The van der Waals surface area contributed by atoms with E-state index in [0.29, 0.717) is 25.3 Å². The highest BCUT2D eigenvalue weighted by molar-refractivity contribution is 5.18. The highest BCUT2D eigenvalue weighted by Crippen LogP contribution is 2.10. The van der Waals surface area contributed by atoms with Gasteiger partial charge in [0.05, 0.1) is 19.3 Å². The molecule has 0 bridgehead atoms. The zero-order valence-corrected chi connectivity index (χ0v) is 7.59. The van der Waals surface area contributed by atoms with E-state index in [1.165, 1.54) is 6.07 Å². The molecule has 0 saturated carbocycles. The lowest BCUT2D eigenvalue weighted by Gasteiger charge is -2.27. The summed E-state index contributed by atoms with van der Waals surface area (Å²) in [6.45, 7) is 1.64. The summed E-state index contributed by atoms with van der Waals surface area (Å²) >= 11 is 0. The Bertz CT molecular complexity index is 326. The van der Waals surface area contributed by atoms with Gasteiger partial charge in [0.25, 0.3) is 0 Å². The van der Waals surface area contributed by atoms with Crippen LogP contribution in [0.2, 0.25) is 0 Å². The summed E-state index contributed by atoms with van der Waals surface area (Å²) in [5.74, 6) is -0.785. The van der Waals surface area contributed by atoms with Crippen molar-refractivity contribution in [3.8, 4) is 0 Å². The van der Waals surface area contributed by atoms with Crippen LogP contribution in [0.1, 0.15) is 5.56 Å². The van der Waals surface area contributed by atoms with Gasteiger partial charge >= 0.3 is 0 Å². The number of ether oxygens (including phenoxy) is 1. The van der Waals surface area contributed by atoms with E-state index in [2.05, 4.69) is 5.32 Å². The molecule has 14 heavy (non-hydrogen) atoms. The minimum Gasteiger partial charge on any atom is -0.378 e. The predicted molar refractivity (Wildman–Crippen MR) is 47.8 cm³/mol. The van der Waals surface area contributed by atoms with Gasteiger partial charge in [-0.15, -0.1) is 0 Å². The third kappa shape index (κ3) is 2.08. The van der Waals surface area contributed by atoms with Crippen molar-refractivity contribution in [1.29, 1.82) is 0 Å². The number of hydrogen-bond donors (Lipinski definition) is 1. The van der Waals surface area contributed by atoms with Crippen LogP contribution in [-0.4, -0.2) is 19.3 Å². The molecule has 1 aliphatic rings. The van der Waals surface area contributed by atoms with Gasteiger partial charge in [-0.25, -0.2) is 8.78 Å². The van der Waals surface area contributed by atoms with Gasteiger partial charge in [0.15, 0.2) is 0 Å². The van der Waals surface area contributed by atoms with Crippen LogP contribution < -0.4 is 5.32 Å². The molecule has 1 aliphatic heterocycles. The second kappa shape index (κ2) is 4.02. The highest BCUT2D eigenvalue weighted by Gasteiger charge is 2.17. The maximum Gasteiger partial charge on any atom is 0.127 e. The maximum atomic E-state index is 13.1. The molecule has 1 N–H and O–H groups in total. The quantitative estimate of drug-likeness (QED) is 0.795. The topological polar surface area (TPSA) is 21.3 Å². The second-order valence-corrected chi connectivity index (χ2v) is 3.35. The summed E-state index contributed by atoms with van der Waals surface area (Å²) in [7, 11) is 0. The van der Waals surface area contributed by atoms with Crippen LogP contribution in [0.25, 0.3) is 0 Å². The van der Waals surface area contributed by atoms with E-state index in [1.807, 2.05) is 0 Å². The van der Waals surface area contributed by atoms with E-state index in [9.17, 15) is 8.78 Å². The Labute approximate surface area is 80.9 Å². The van der Waals surface area contributed by atoms with Crippen molar-refractivity contribution in [2.45, 2.75) is 12.6 Å². The molecular formula is C10H11F2NO. The zero-order valence-electron chi connectivity index (χ0n) is 7.59. The fourth-order valence-electron chi connectivity index (χ4n) is 1.29. The van der Waals surface area contributed by atoms with Crippen molar-refractivity contribution in [2.75, 3.05) is 13.2 Å². The number of nitrogens with one attached hydrogen (secondary N) is 1. The molecule has 1 saturated heterocycles. The van der Waals surface area contributed by atoms with Crippen LogP contribution in [0.3, 0.4) is 0 Å². The Hall–Kier alpha value is -1.00. The lowest BCUT2D eigenvalue weighted by Crippen LogP contribution is -2.45. The van der Waals surface area contributed by atoms with Crippen LogP contribution in [0, 0.1) is 11.6 Å². The Morgan fingerprint density at radius 3 is 2.79 bits per heavy atom. The Morgan fingerprint density at radius 1 is 1.36 bits per heavy atom. The molecule has 2 nitrogen and oxygen atoms in total. The first-order valence-corrected chi connectivity index (χ1v) is 4.51. The average Bonchev–Trinajstić information content (AvgIpc) is 2.08. The molecule has 0 atom stereocenters. The first-order chi connectivity index (χ1) is 6.75. The van der Waals surface area contributed by atoms with Gasteiger partial charge in [-0.3, -0.25) is 0 Å². The van der Waals surface area contributed by atoms with Crippen LogP contribution in [0.15, 0.2) is 18.2 Å². The van der Waals surface area contributed by atoms with Gasteiger partial charge in [-0.05, 0) is 18.2 Å². The van der Waals surface area contributed by atoms with Gasteiger partial charge in [0.2, 0.25) is 0 Å². The molecule has 0 amide bonds. The first kappa shape index (κ1) is 9.55. The van der Waals surface area contributed by atoms with Gasteiger partial charge < -0.3 is 10.1 Å². The number of benzene rings is 1. The molecule has 0 spiro atoms. The summed E-state index contributed by atoms with van der Waals surface area (Å²) in [4.78, 5) is 0. The fraction of sp³-hybridized carbons (Fsp3) is 0.400. The first-order valence-electron chi connectivity index (χ1n) is 4.51. The molecule has 4 heteroatoms. The molecule has 1 heterocycles. The largest absolute Gasteiger partial charge is 0.378 e. The number of halogens is 2. The van der Waals surface area contributed by atoms with Crippen molar-refractivity contribution < 1.29 is 13.5 Å². The normalized spacial score (nSPS) is 16.7. The maximum absolute atomic E-state index is 13.1. The second-order valence-electron chi connectivity index (χ2n) is 3.35. The van der Waals surface area contributed by atoms with Crippen molar-refractivity contribution in [3.63, 3.8) is 0 Å². The smallest absolute Gasteiger partial charge is 0.127 e. The predicted octanol–water partition coefficient (Wildman–Crippen LogP) is 1.45.